The number of allylic oxidation sites excluding steroid dienone is 1. The number of benzene rings is 3. The number of hydrogen-bond acceptors (Lipinski definition) is 3. The van der Waals surface area contributed by atoms with Crippen LogP contribution >= 0.6 is 11.6 Å². The minimum atomic E-state index is -0.105. The maximum absolute atomic E-state index is 12.5. The first-order valence-corrected chi connectivity index (χ1v) is 13.9. The first kappa shape index (κ1) is 32.9. The van der Waals surface area contributed by atoms with E-state index in [4.69, 9.17) is 11.6 Å². The van der Waals surface area contributed by atoms with Crippen molar-refractivity contribution in [1.29, 1.82) is 0 Å². The average Bonchev–Trinajstić information content (AvgIpc) is 3.13. The van der Waals surface area contributed by atoms with Gasteiger partial charge < -0.3 is 15.5 Å². The van der Waals surface area contributed by atoms with Crippen molar-refractivity contribution in [2.75, 3.05) is 26.2 Å². The van der Waals surface area contributed by atoms with Crippen LogP contribution < -0.4 is 10.6 Å². The predicted octanol–water partition coefficient (Wildman–Crippen LogP) is 7.12. The van der Waals surface area contributed by atoms with Crippen LogP contribution in [-0.4, -0.2) is 48.9 Å². The fourth-order valence-electron chi connectivity index (χ4n) is 3.70. The molecule has 0 aliphatic carbocycles. The highest BCUT2D eigenvalue weighted by Crippen LogP contribution is 2.20. The molecule has 1 aliphatic heterocycles. The number of rotatable bonds is 6. The summed E-state index contributed by atoms with van der Waals surface area (Å²) in [7, 11) is 0. The van der Waals surface area contributed by atoms with Crippen LogP contribution in [0.5, 0.6) is 0 Å². The molecule has 206 valence electrons. The lowest BCUT2D eigenvalue weighted by atomic mass is 10.1. The number of nitrogens with one attached hydrogen (secondary N) is 2. The van der Waals surface area contributed by atoms with Gasteiger partial charge >= 0.3 is 0 Å². The van der Waals surface area contributed by atoms with Gasteiger partial charge in [-0.3, -0.25) is 9.59 Å². The van der Waals surface area contributed by atoms with Gasteiger partial charge in [-0.1, -0.05) is 93.4 Å². The molecule has 6 heteroatoms. The molecule has 3 aromatic rings. The van der Waals surface area contributed by atoms with Gasteiger partial charge in [0, 0.05) is 36.3 Å². The zero-order valence-corrected chi connectivity index (χ0v) is 24.1. The normalized spacial score (nSPS) is 14.4. The number of carbonyl (C=O) groups is 2. The number of halogens is 1. The van der Waals surface area contributed by atoms with Crippen LogP contribution in [0.4, 0.5) is 0 Å². The van der Waals surface area contributed by atoms with Crippen LogP contribution in [0.15, 0.2) is 85.5 Å². The Balaban J connectivity index is 0.000000553. The summed E-state index contributed by atoms with van der Waals surface area (Å²) < 4.78 is 0. The zero-order valence-electron chi connectivity index (χ0n) is 23.4. The van der Waals surface area contributed by atoms with Crippen molar-refractivity contribution in [3.05, 3.63) is 96.0 Å². The van der Waals surface area contributed by atoms with Crippen LogP contribution in [0.3, 0.4) is 0 Å². The Kier molecular flexibility index (Phi) is 17.2. The van der Waals surface area contributed by atoms with E-state index in [1.54, 1.807) is 6.08 Å². The van der Waals surface area contributed by atoms with Crippen molar-refractivity contribution in [3.8, 4) is 0 Å². The Bertz CT molecular complexity index is 1060. The largest absolute Gasteiger partial charge is 0.350 e. The fourth-order valence-corrected chi connectivity index (χ4v) is 3.88. The van der Waals surface area contributed by atoms with E-state index in [1.807, 2.05) is 98.5 Å². The molecular formula is C32H44ClN3O2. The first-order valence-electron chi connectivity index (χ1n) is 13.5. The van der Waals surface area contributed by atoms with E-state index in [0.717, 1.165) is 43.1 Å². The van der Waals surface area contributed by atoms with Crippen molar-refractivity contribution in [2.45, 2.75) is 53.0 Å². The molecule has 38 heavy (non-hydrogen) atoms. The highest BCUT2D eigenvalue weighted by atomic mass is 35.5. The second-order valence-corrected chi connectivity index (χ2v) is 9.02. The summed E-state index contributed by atoms with van der Waals surface area (Å²) in [6.07, 6.45) is 4.70. The number of fused-ring (bicyclic) bond motifs is 1. The van der Waals surface area contributed by atoms with Crippen molar-refractivity contribution < 1.29 is 9.59 Å². The highest BCUT2D eigenvalue weighted by Gasteiger charge is 2.21. The molecule has 1 saturated heterocycles. The van der Waals surface area contributed by atoms with E-state index in [-0.39, 0.29) is 17.9 Å². The summed E-state index contributed by atoms with van der Waals surface area (Å²) >= 11 is 6.00. The summed E-state index contributed by atoms with van der Waals surface area (Å²) in [5, 5.41) is 8.92. The maximum Gasteiger partial charge on any atom is 0.251 e. The molecule has 1 fully saturated rings. The van der Waals surface area contributed by atoms with Crippen LogP contribution in [-0.2, 0) is 4.79 Å². The van der Waals surface area contributed by atoms with Gasteiger partial charge in [0.25, 0.3) is 5.91 Å². The third-order valence-corrected chi connectivity index (χ3v) is 5.90. The van der Waals surface area contributed by atoms with Crippen LogP contribution in [0.1, 0.15) is 57.3 Å². The second kappa shape index (κ2) is 19.9. The molecule has 0 aromatic heterocycles. The molecule has 1 heterocycles. The minimum absolute atomic E-state index is 0.101. The van der Waals surface area contributed by atoms with Crippen molar-refractivity contribution in [3.63, 3.8) is 0 Å². The Hall–Kier alpha value is -3.15. The zero-order chi connectivity index (χ0) is 28.2. The molecule has 0 spiro atoms. The number of nitrogens with zero attached hydrogens (tertiary/aromatic N) is 1. The Labute approximate surface area is 234 Å². The van der Waals surface area contributed by atoms with Crippen LogP contribution in [0.25, 0.3) is 10.8 Å². The second-order valence-electron chi connectivity index (χ2n) is 8.58. The SMILES string of the molecule is C=CC.CC.CCCCN1CC[C@@H](CNC(=O)c2ccc3cc(Cl)ccc3c2)NCC1=O.c1ccccc1. The Morgan fingerprint density at radius 1 is 1.08 bits per heavy atom. The monoisotopic (exact) mass is 537 g/mol. The fraction of sp³-hybridized carbons (Fsp3) is 0.375. The third kappa shape index (κ3) is 12.4. The Morgan fingerprint density at radius 3 is 2.26 bits per heavy atom. The topological polar surface area (TPSA) is 61.4 Å². The van der Waals surface area contributed by atoms with E-state index >= 15 is 0 Å². The molecule has 3 aromatic carbocycles. The van der Waals surface area contributed by atoms with Crippen molar-refractivity contribution in [1.82, 2.24) is 15.5 Å². The first-order chi connectivity index (χ1) is 18.5. The number of carbonyl (C=O) groups excluding carboxylic acids is 2. The van der Waals surface area contributed by atoms with Gasteiger partial charge in [0.1, 0.15) is 0 Å². The smallest absolute Gasteiger partial charge is 0.251 e. The number of amides is 2. The van der Waals surface area contributed by atoms with Crippen LogP contribution in [0.2, 0.25) is 5.02 Å². The van der Waals surface area contributed by atoms with Gasteiger partial charge in [-0.05, 0) is 54.8 Å². The van der Waals surface area contributed by atoms with Crippen molar-refractivity contribution in [2.24, 2.45) is 0 Å². The van der Waals surface area contributed by atoms with Gasteiger partial charge in [-0.2, -0.15) is 0 Å². The maximum atomic E-state index is 12.5. The lowest BCUT2D eigenvalue weighted by Crippen LogP contribution is -2.41. The van der Waals surface area contributed by atoms with E-state index in [9.17, 15) is 9.59 Å². The highest BCUT2D eigenvalue weighted by molar-refractivity contribution is 6.31. The van der Waals surface area contributed by atoms with Crippen molar-refractivity contribution >= 4 is 34.2 Å². The van der Waals surface area contributed by atoms with Crippen LogP contribution in [0, 0.1) is 0 Å². The summed E-state index contributed by atoms with van der Waals surface area (Å²) in [4.78, 5) is 26.6. The molecule has 4 rings (SSSR count). The summed E-state index contributed by atoms with van der Waals surface area (Å²) in [6.45, 7) is 13.8. The molecule has 0 radical (unpaired) electrons. The van der Waals surface area contributed by atoms with Gasteiger partial charge in [0.05, 0.1) is 6.54 Å². The van der Waals surface area contributed by atoms with Gasteiger partial charge in [-0.25, -0.2) is 0 Å². The molecule has 1 aliphatic rings. The van der Waals surface area contributed by atoms with Gasteiger partial charge in [0.2, 0.25) is 5.91 Å². The molecule has 2 N–H and O–H groups in total. The molecule has 0 unspecified atom stereocenters. The molecule has 5 nitrogen and oxygen atoms in total. The average molecular weight is 538 g/mol. The number of unbranched alkanes of at least 4 members (excludes halogenated alkanes) is 1. The Morgan fingerprint density at radius 2 is 1.66 bits per heavy atom. The molecule has 1 atom stereocenters. The lowest BCUT2D eigenvalue weighted by Gasteiger charge is -2.20. The van der Waals surface area contributed by atoms with Gasteiger partial charge in [-0.15, -0.1) is 6.58 Å². The molecule has 0 saturated carbocycles. The molecule has 2 amide bonds. The molecular weight excluding hydrogens is 494 g/mol. The van der Waals surface area contributed by atoms with E-state index in [2.05, 4.69) is 24.1 Å². The van der Waals surface area contributed by atoms with E-state index in [1.165, 1.54) is 0 Å². The minimum Gasteiger partial charge on any atom is -0.350 e. The standard InChI is InChI=1S/C21H26ClN3O2.C6H6.C3H6.C2H6/c1-2-3-9-25-10-8-19(23-14-20(25)26)13-24-21(27)17-5-4-16-12-18(22)7-6-15(16)11-17;1-2-4-6-5-3-1;1-3-2;1-2/h4-7,11-12,19,23H,2-3,8-10,13-14H2,1H3,(H,24,27);1-6H;3H,1H2,2H3;1-2H3/t19-;;;/m0.../s1. The summed E-state index contributed by atoms with van der Waals surface area (Å²) in [5.74, 6) is 0.0394. The predicted molar refractivity (Wildman–Crippen MR) is 163 cm³/mol. The third-order valence-electron chi connectivity index (χ3n) is 5.66. The van der Waals surface area contributed by atoms with Gasteiger partial charge in [0.15, 0.2) is 0 Å². The summed E-state index contributed by atoms with van der Waals surface area (Å²) in [5.41, 5.74) is 0.624. The quantitative estimate of drug-likeness (QED) is 0.329. The summed E-state index contributed by atoms with van der Waals surface area (Å²) in [6, 6.07) is 23.3. The molecule has 0 bridgehead atoms. The lowest BCUT2D eigenvalue weighted by molar-refractivity contribution is -0.129. The van der Waals surface area contributed by atoms with E-state index < -0.39 is 0 Å². The van der Waals surface area contributed by atoms with E-state index in [0.29, 0.717) is 23.7 Å². The number of hydrogen-bond donors (Lipinski definition) is 2.